The summed E-state index contributed by atoms with van der Waals surface area (Å²) in [6, 6.07) is 0. The molecule has 0 heterocycles. The fourth-order valence-electron chi connectivity index (χ4n) is 0.340. The predicted molar refractivity (Wildman–Crippen MR) is 53.4 cm³/mol. The molecule has 0 saturated carbocycles. The predicted octanol–water partition coefficient (Wildman–Crippen LogP) is 1.81. The van der Waals surface area contributed by atoms with Crippen molar-refractivity contribution in [2.45, 2.75) is 11.3 Å². The lowest BCUT2D eigenvalue weighted by molar-refractivity contribution is -0.148. The second-order valence-electron chi connectivity index (χ2n) is 1.99. The van der Waals surface area contributed by atoms with E-state index in [9.17, 15) is 9.59 Å². The molecule has 0 aliphatic carbocycles. The van der Waals surface area contributed by atoms with Gasteiger partial charge in [0, 0.05) is 0 Å². The van der Waals surface area contributed by atoms with Gasteiger partial charge in [0.2, 0.25) is 4.33 Å². The maximum atomic E-state index is 10.2. The lowest BCUT2D eigenvalue weighted by atomic mass is 10.1. The van der Waals surface area contributed by atoms with Crippen LogP contribution in [0.3, 0.4) is 0 Å². The van der Waals surface area contributed by atoms with Gasteiger partial charge in [-0.2, -0.15) is 0 Å². The highest BCUT2D eigenvalue weighted by atomic mass is 35.5. The molecule has 0 spiro atoms. The van der Waals surface area contributed by atoms with E-state index in [1.165, 1.54) is 0 Å². The van der Waals surface area contributed by atoms with E-state index >= 15 is 0 Å². The minimum absolute atomic E-state index is 0. The van der Waals surface area contributed by atoms with Gasteiger partial charge >= 0.3 is 11.9 Å². The molecule has 0 amide bonds. The van der Waals surface area contributed by atoms with Crippen molar-refractivity contribution in [1.29, 1.82) is 0 Å². The number of halogens is 4. The zero-order chi connectivity index (χ0) is 9.23. The zero-order valence-electron chi connectivity index (χ0n) is 6.36. The summed E-state index contributed by atoms with van der Waals surface area (Å²) < 4.78 is -2.26. The Morgan fingerprint density at radius 1 is 1.23 bits per heavy atom. The summed E-state index contributed by atoms with van der Waals surface area (Å²) in [6.45, 7) is 1.12. The third-order valence-electron chi connectivity index (χ3n) is 1.20. The van der Waals surface area contributed by atoms with E-state index in [1.807, 2.05) is 0 Å². The van der Waals surface area contributed by atoms with E-state index in [2.05, 4.69) is 0 Å². The zero-order valence-corrected chi connectivity index (χ0v) is 9.51. The highest BCUT2D eigenvalue weighted by Gasteiger charge is 2.44. The van der Waals surface area contributed by atoms with Crippen molar-refractivity contribution in [3.63, 3.8) is 0 Å². The molecule has 13 heavy (non-hydrogen) atoms. The molecule has 0 saturated heterocycles. The molecule has 1 atom stereocenters. The van der Waals surface area contributed by atoms with E-state index in [0.717, 1.165) is 6.92 Å². The van der Waals surface area contributed by atoms with E-state index in [4.69, 9.17) is 33.4 Å². The number of hydrogen-bond donors (Lipinski definition) is 2. The molecule has 0 radical (unpaired) electrons. The standard InChI is InChI=1S/C5H6Cl2O4.2ClH/c1-2(3(8)9)5(6,7)4(10)11;;/h2H,1H3,(H,8,9)(H,10,11);2*1H. The Morgan fingerprint density at radius 3 is 1.62 bits per heavy atom. The van der Waals surface area contributed by atoms with Crippen LogP contribution in [-0.4, -0.2) is 26.5 Å². The molecule has 1 unspecified atom stereocenters. The molecular weight excluding hydrogens is 266 g/mol. The monoisotopic (exact) mass is 272 g/mol. The number of carbonyl (C=O) groups is 2. The third kappa shape index (κ3) is 4.76. The number of rotatable bonds is 3. The minimum atomic E-state index is -2.26. The van der Waals surface area contributed by atoms with Crippen LogP contribution in [0.4, 0.5) is 0 Å². The second-order valence-corrected chi connectivity index (χ2v) is 3.37. The Morgan fingerprint density at radius 2 is 1.54 bits per heavy atom. The van der Waals surface area contributed by atoms with Gasteiger partial charge in [0.1, 0.15) is 0 Å². The highest BCUT2D eigenvalue weighted by Crippen LogP contribution is 2.30. The van der Waals surface area contributed by atoms with Gasteiger partial charge in [-0.05, 0) is 6.92 Å². The van der Waals surface area contributed by atoms with Crippen molar-refractivity contribution < 1.29 is 19.8 Å². The molecule has 0 aliphatic heterocycles. The molecule has 8 heteroatoms. The highest BCUT2D eigenvalue weighted by molar-refractivity contribution is 6.58. The summed E-state index contributed by atoms with van der Waals surface area (Å²) in [4.78, 5) is 20.5. The number of hydrogen-bond acceptors (Lipinski definition) is 2. The van der Waals surface area contributed by atoms with Crippen molar-refractivity contribution >= 4 is 60.0 Å². The Labute approximate surface area is 97.0 Å². The molecule has 80 valence electrons. The van der Waals surface area contributed by atoms with Crippen LogP contribution in [0.5, 0.6) is 0 Å². The van der Waals surface area contributed by atoms with Crippen molar-refractivity contribution in [2.75, 3.05) is 0 Å². The molecule has 2 N–H and O–H groups in total. The summed E-state index contributed by atoms with van der Waals surface area (Å²) in [5.74, 6) is -4.25. The van der Waals surface area contributed by atoms with Crippen molar-refractivity contribution in [3.8, 4) is 0 Å². The summed E-state index contributed by atoms with van der Waals surface area (Å²) in [7, 11) is 0. The molecule has 0 aliphatic rings. The maximum Gasteiger partial charge on any atom is 0.341 e. The van der Waals surface area contributed by atoms with Gasteiger partial charge in [-0.1, -0.05) is 23.2 Å². The minimum Gasteiger partial charge on any atom is -0.481 e. The van der Waals surface area contributed by atoms with Crippen molar-refractivity contribution in [2.24, 2.45) is 5.92 Å². The molecule has 0 fully saturated rings. The first-order valence-corrected chi connectivity index (χ1v) is 3.39. The van der Waals surface area contributed by atoms with Crippen LogP contribution in [0.15, 0.2) is 0 Å². The van der Waals surface area contributed by atoms with E-state index < -0.39 is 22.2 Å². The first kappa shape index (κ1) is 18.8. The van der Waals surface area contributed by atoms with Crippen molar-refractivity contribution in [1.82, 2.24) is 0 Å². The summed E-state index contributed by atoms with van der Waals surface area (Å²) in [5.41, 5.74) is 0. The van der Waals surface area contributed by atoms with Crippen LogP contribution in [-0.2, 0) is 9.59 Å². The largest absolute Gasteiger partial charge is 0.481 e. The maximum absolute atomic E-state index is 10.2. The Balaban J connectivity index is -0.000000500. The van der Waals surface area contributed by atoms with Crippen LogP contribution in [0.2, 0.25) is 0 Å². The number of carboxylic acid groups (broad SMARTS) is 2. The third-order valence-corrected chi connectivity index (χ3v) is 2.18. The molecule has 0 aromatic carbocycles. The topological polar surface area (TPSA) is 74.6 Å². The van der Waals surface area contributed by atoms with Crippen LogP contribution >= 0.6 is 48.0 Å². The Hall–Kier alpha value is 0.1000. The Kier molecular flexibility index (Phi) is 9.46. The normalized spacial score (nSPS) is 11.9. The second kappa shape index (κ2) is 6.54. The lowest BCUT2D eigenvalue weighted by Crippen LogP contribution is -2.37. The van der Waals surface area contributed by atoms with Gasteiger partial charge in [0.25, 0.3) is 0 Å². The summed E-state index contributed by atoms with van der Waals surface area (Å²) >= 11 is 10.4. The van der Waals surface area contributed by atoms with Crippen molar-refractivity contribution in [3.05, 3.63) is 0 Å². The quantitative estimate of drug-likeness (QED) is 0.769. The van der Waals surface area contributed by atoms with Gasteiger partial charge in [-0.15, -0.1) is 24.8 Å². The average Bonchev–Trinajstić information content (AvgIpc) is 1.85. The first-order valence-electron chi connectivity index (χ1n) is 2.64. The number of alkyl halides is 2. The summed E-state index contributed by atoms with van der Waals surface area (Å²) in [5, 5.41) is 16.7. The van der Waals surface area contributed by atoms with Gasteiger partial charge in [0.15, 0.2) is 0 Å². The number of aliphatic carboxylic acids is 2. The Bertz CT molecular complexity index is 193. The van der Waals surface area contributed by atoms with Crippen LogP contribution in [0.1, 0.15) is 6.92 Å². The van der Waals surface area contributed by atoms with Crippen LogP contribution < -0.4 is 0 Å². The number of carboxylic acids is 2. The van der Waals surface area contributed by atoms with Crippen LogP contribution in [0, 0.1) is 5.92 Å². The fourth-order valence-corrected chi connectivity index (χ4v) is 0.527. The molecule has 0 aromatic rings. The fraction of sp³-hybridized carbons (Fsp3) is 0.600. The average molecular weight is 274 g/mol. The van der Waals surface area contributed by atoms with Crippen LogP contribution in [0.25, 0.3) is 0 Å². The smallest absolute Gasteiger partial charge is 0.341 e. The first-order chi connectivity index (χ1) is 4.80. The summed E-state index contributed by atoms with van der Waals surface area (Å²) in [6.07, 6.45) is 0. The SMILES string of the molecule is CC(C(=O)O)C(Cl)(Cl)C(=O)O.Cl.Cl. The lowest BCUT2D eigenvalue weighted by Gasteiger charge is -2.17. The van der Waals surface area contributed by atoms with Gasteiger partial charge in [0.05, 0.1) is 5.92 Å². The molecule has 0 aromatic heterocycles. The van der Waals surface area contributed by atoms with Gasteiger partial charge < -0.3 is 10.2 Å². The molecule has 4 nitrogen and oxygen atoms in total. The van der Waals surface area contributed by atoms with Gasteiger partial charge in [-0.25, -0.2) is 4.79 Å². The molecular formula is C5H8Cl4O4. The van der Waals surface area contributed by atoms with E-state index in [1.54, 1.807) is 0 Å². The molecule has 0 bridgehead atoms. The molecule has 0 rings (SSSR count). The van der Waals surface area contributed by atoms with E-state index in [0.29, 0.717) is 0 Å². The van der Waals surface area contributed by atoms with E-state index in [-0.39, 0.29) is 24.8 Å². The van der Waals surface area contributed by atoms with Gasteiger partial charge in [-0.3, -0.25) is 4.79 Å².